The van der Waals surface area contributed by atoms with Gasteiger partial charge in [-0.15, -0.1) is 0 Å². The van der Waals surface area contributed by atoms with Gasteiger partial charge in [0.2, 0.25) is 0 Å². The van der Waals surface area contributed by atoms with Crippen LogP contribution in [0.3, 0.4) is 0 Å². The van der Waals surface area contributed by atoms with Crippen LogP contribution in [0.15, 0.2) is 94.0 Å². The predicted octanol–water partition coefficient (Wildman–Crippen LogP) is 8.05. The van der Waals surface area contributed by atoms with Gasteiger partial charge >= 0.3 is 0 Å². The maximum atomic E-state index is 5.92. The number of aryl methyl sites for hydroxylation is 2. The first-order chi connectivity index (χ1) is 18.6. The van der Waals surface area contributed by atoms with Crippen molar-refractivity contribution in [1.82, 2.24) is 4.90 Å². The van der Waals surface area contributed by atoms with Crippen molar-refractivity contribution in [3.05, 3.63) is 117 Å². The maximum Gasteiger partial charge on any atom is 0.174 e. The lowest BCUT2D eigenvalue weighted by Crippen LogP contribution is -2.34. The fraction of sp³-hybridized carbons (Fsp3) is 0.242. The Morgan fingerprint density at radius 3 is 2.39 bits per heavy atom. The summed E-state index contributed by atoms with van der Waals surface area (Å²) in [5.74, 6) is 1.63. The van der Waals surface area contributed by atoms with E-state index in [4.69, 9.17) is 14.5 Å². The Bertz CT molecular complexity index is 1530. The quantitative estimate of drug-likeness (QED) is 0.351. The molecule has 0 fully saturated rings. The summed E-state index contributed by atoms with van der Waals surface area (Å²) in [5, 5.41) is 3.28. The van der Waals surface area contributed by atoms with Gasteiger partial charge in [-0.05, 0) is 79.7 Å². The Morgan fingerprint density at radius 2 is 1.61 bits per heavy atom. The second-order valence-corrected chi connectivity index (χ2v) is 11.2. The maximum absolute atomic E-state index is 5.92. The van der Waals surface area contributed by atoms with E-state index >= 15 is 0 Å². The number of nitrogens with zero attached hydrogens (tertiary/aromatic N) is 2. The molecule has 0 aromatic heterocycles. The van der Waals surface area contributed by atoms with Gasteiger partial charge in [0.15, 0.2) is 16.7 Å². The van der Waals surface area contributed by atoms with E-state index in [2.05, 4.69) is 90.9 Å². The standard InChI is InChI=1S/C33H30N2O2S/c1-21-6-10-23(11-7-21)18-26-4-3-5-27-31(26)34-33-35(32(27)24-12-8-22(2)9-13-24)28(20-38-33)25-14-15-29-30(19-25)37-17-16-36-29/h6-15,18-20,32H,3-5,16-17H2,1-2H3. The molecule has 38 heavy (non-hydrogen) atoms. The first kappa shape index (κ1) is 23.4. The van der Waals surface area contributed by atoms with Gasteiger partial charge < -0.3 is 14.4 Å². The van der Waals surface area contributed by atoms with Crippen LogP contribution < -0.4 is 9.47 Å². The van der Waals surface area contributed by atoms with Crippen LogP contribution in [0.1, 0.15) is 53.1 Å². The minimum atomic E-state index is 0.106. The monoisotopic (exact) mass is 518 g/mol. The molecule has 0 saturated heterocycles. The van der Waals surface area contributed by atoms with Crippen molar-refractivity contribution in [1.29, 1.82) is 0 Å². The third-order valence-electron chi connectivity index (χ3n) is 7.69. The highest BCUT2D eigenvalue weighted by Crippen LogP contribution is 2.51. The lowest BCUT2D eigenvalue weighted by molar-refractivity contribution is 0.171. The van der Waals surface area contributed by atoms with Gasteiger partial charge in [-0.25, -0.2) is 4.99 Å². The normalized spacial score (nSPS) is 21.2. The molecular formula is C33H30N2O2S. The number of thioether (sulfide) groups is 1. The average molecular weight is 519 g/mol. The summed E-state index contributed by atoms with van der Waals surface area (Å²) in [6.07, 6.45) is 5.57. The zero-order chi connectivity index (χ0) is 25.6. The van der Waals surface area contributed by atoms with Crippen LogP contribution in [0.25, 0.3) is 11.8 Å². The summed E-state index contributed by atoms with van der Waals surface area (Å²) >= 11 is 1.71. The van der Waals surface area contributed by atoms with E-state index in [1.165, 1.54) is 39.1 Å². The molecule has 190 valence electrons. The fourth-order valence-electron chi connectivity index (χ4n) is 5.74. The zero-order valence-corrected chi connectivity index (χ0v) is 22.6. The van der Waals surface area contributed by atoms with Crippen LogP contribution >= 0.6 is 11.8 Å². The Labute approximate surface area is 228 Å². The highest BCUT2D eigenvalue weighted by molar-refractivity contribution is 8.16. The minimum absolute atomic E-state index is 0.106. The molecule has 0 N–H and O–H groups in total. The number of amidine groups is 1. The summed E-state index contributed by atoms with van der Waals surface area (Å²) in [5.41, 5.74) is 11.3. The van der Waals surface area contributed by atoms with Gasteiger partial charge in [0, 0.05) is 11.0 Å². The van der Waals surface area contributed by atoms with Crippen LogP contribution in [0.5, 0.6) is 11.5 Å². The Morgan fingerprint density at radius 1 is 0.868 bits per heavy atom. The van der Waals surface area contributed by atoms with E-state index in [0.717, 1.165) is 47.2 Å². The fourth-order valence-corrected chi connectivity index (χ4v) is 6.67. The summed E-state index contributed by atoms with van der Waals surface area (Å²) in [6, 6.07) is 24.2. The van der Waals surface area contributed by atoms with Crippen molar-refractivity contribution in [2.75, 3.05) is 13.2 Å². The van der Waals surface area contributed by atoms with Crippen molar-refractivity contribution >= 4 is 28.7 Å². The van der Waals surface area contributed by atoms with Gasteiger partial charge in [-0.1, -0.05) is 71.4 Å². The molecule has 7 rings (SSSR count). The number of rotatable bonds is 3. The van der Waals surface area contributed by atoms with Crippen LogP contribution in [-0.4, -0.2) is 23.3 Å². The topological polar surface area (TPSA) is 34.1 Å². The van der Waals surface area contributed by atoms with E-state index in [1.807, 2.05) is 6.07 Å². The summed E-state index contributed by atoms with van der Waals surface area (Å²) < 4.78 is 11.7. The number of hydrogen-bond acceptors (Lipinski definition) is 5. The Balaban J connectivity index is 1.34. The van der Waals surface area contributed by atoms with E-state index in [-0.39, 0.29) is 6.04 Å². The molecular weight excluding hydrogens is 488 g/mol. The summed E-state index contributed by atoms with van der Waals surface area (Å²) in [4.78, 5) is 7.77. The van der Waals surface area contributed by atoms with E-state index < -0.39 is 0 Å². The molecule has 3 aromatic rings. The van der Waals surface area contributed by atoms with Crippen LogP contribution in [0.2, 0.25) is 0 Å². The first-order valence-electron chi connectivity index (χ1n) is 13.4. The summed E-state index contributed by atoms with van der Waals surface area (Å²) in [6.45, 7) is 5.46. The zero-order valence-electron chi connectivity index (χ0n) is 21.7. The van der Waals surface area contributed by atoms with Crippen LogP contribution in [-0.2, 0) is 0 Å². The van der Waals surface area contributed by atoms with Gasteiger partial charge in [-0.3, -0.25) is 0 Å². The number of ether oxygens (including phenoxy) is 2. The summed E-state index contributed by atoms with van der Waals surface area (Å²) in [7, 11) is 0. The van der Waals surface area contributed by atoms with E-state index in [9.17, 15) is 0 Å². The molecule has 1 unspecified atom stereocenters. The number of allylic oxidation sites excluding steroid dienone is 1. The molecule has 0 amide bonds. The molecule has 0 radical (unpaired) electrons. The van der Waals surface area contributed by atoms with Crippen LogP contribution in [0.4, 0.5) is 0 Å². The molecule has 0 saturated carbocycles. The lowest BCUT2D eigenvalue weighted by Gasteiger charge is -2.40. The number of hydrogen-bond donors (Lipinski definition) is 0. The molecule has 3 aliphatic heterocycles. The molecule has 1 aliphatic carbocycles. The molecule has 3 heterocycles. The van der Waals surface area contributed by atoms with Gasteiger partial charge in [0.25, 0.3) is 0 Å². The van der Waals surface area contributed by atoms with Gasteiger partial charge in [0.05, 0.1) is 17.4 Å². The molecule has 4 aliphatic rings. The third-order valence-corrected chi connectivity index (χ3v) is 8.53. The van der Waals surface area contributed by atoms with Crippen molar-refractivity contribution in [3.63, 3.8) is 0 Å². The van der Waals surface area contributed by atoms with Gasteiger partial charge in [0.1, 0.15) is 13.2 Å². The Hall–Kier alpha value is -3.70. The lowest BCUT2D eigenvalue weighted by atomic mass is 9.82. The molecule has 1 atom stereocenters. The van der Waals surface area contributed by atoms with Gasteiger partial charge in [-0.2, -0.15) is 0 Å². The van der Waals surface area contributed by atoms with Crippen molar-refractivity contribution in [2.45, 2.75) is 39.2 Å². The predicted molar refractivity (Wildman–Crippen MR) is 156 cm³/mol. The molecule has 5 heteroatoms. The molecule has 4 nitrogen and oxygen atoms in total. The van der Waals surface area contributed by atoms with E-state index in [1.54, 1.807) is 11.8 Å². The second kappa shape index (κ2) is 9.55. The molecule has 3 aromatic carbocycles. The number of benzene rings is 3. The van der Waals surface area contributed by atoms with Crippen molar-refractivity contribution in [2.24, 2.45) is 4.99 Å². The van der Waals surface area contributed by atoms with Crippen molar-refractivity contribution in [3.8, 4) is 11.5 Å². The minimum Gasteiger partial charge on any atom is -0.486 e. The van der Waals surface area contributed by atoms with Crippen molar-refractivity contribution < 1.29 is 9.47 Å². The largest absolute Gasteiger partial charge is 0.486 e. The van der Waals surface area contributed by atoms with Crippen LogP contribution in [0, 0.1) is 13.8 Å². The molecule has 0 bridgehead atoms. The molecule has 0 spiro atoms. The Kier molecular flexibility index (Phi) is 5.89. The number of aliphatic imine (C=N–C) groups is 1. The smallest absolute Gasteiger partial charge is 0.174 e. The average Bonchev–Trinajstić information content (AvgIpc) is 3.37. The third kappa shape index (κ3) is 4.15. The second-order valence-electron chi connectivity index (χ2n) is 10.4. The SMILES string of the molecule is Cc1ccc(C=C2CCCC3=C2N=C2SC=C(c4ccc5c(c4)OCCO5)N2C3c2ccc(C)cc2)cc1. The number of fused-ring (bicyclic) bond motifs is 2. The van der Waals surface area contributed by atoms with E-state index in [0.29, 0.717) is 13.2 Å². The highest BCUT2D eigenvalue weighted by Gasteiger charge is 2.40. The first-order valence-corrected chi connectivity index (χ1v) is 14.2. The highest BCUT2D eigenvalue weighted by atomic mass is 32.2.